The summed E-state index contributed by atoms with van der Waals surface area (Å²) < 4.78 is 80.3. The van der Waals surface area contributed by atoms with Crippen molar-refractivity contribution >= 4 is 21.6 Å². The molecule has 1 aromatic carbocycles. The third-order valence-electron chi connectivity index (χ3n) is 3.29. The van der Waals surface area contributed by atoms with Gasteiger partial charge in [0, 0.05) is 18.7 Å². The van der Waals surface area contributed by atoms with Gasteiger partial charge < -0.3 is 0 Å². The van der Waals surface area contributed by atoms with Gasteiger partial charge in [-0.3, -0.25) is 4.40 Å². The van der Waals surface area contributed by atoms with Crippen LogP contribution >= 0.6 is 15.9 Å². The molecular weight excluding hydrogens is 404 g/mol. The van der Waals surface area contributed by atoms with Gasteiger partial charge in [-0.05, 0) is 27.6 Å². The van der Waals surface area contributed by atoms with E-state index in [0.29, 0.717) is 6.07 Å². The van der Waals surface area contributed by atoms with Crippen molar-refractivity contribution in [1.82, 2.24) is 14.4 Å². The monoisotopic (exact) mass is 409 g/mol. The van der Waals surface area contributed by atoms with E-state index in [-0.39, 0.29) is 22.0 Å². The number of hydrogen-bond donors (Lipinski definition) is 0. The maximum Gasteiger partial charge on any atom is 0.419 e. The molecule has 0 radical (unpaired) electrons. The lowest BCUT2D eigenvalue weighted by molar-refractivity contribution is -0.140. The van der Waals surface area contributed by atoms with E-state index in [1.54, 1.807) is 0 Å². The zero-order chi connectivity index (χ0) is 17.6. The van der Waals surface area contributed by atoms with E-state index in [4.69, 9.17) is 0 Å². The molecule has 126 valence electrons. The molecule has 2 aromatic heterocycles. The van der Waals surface area contributed by atoms with Gasteiger partial charge in [0.2, 0.25) is 5.95 Å². The first-order chi connectivity index (χ1) is 11.2. The molecule has 0 aliphatic heterocycles. The maximum absolute atomic E-state index is 13.9. The average Bonchev–Trinajstić information content (AvgIpc) is 2.82. The zero-order valence-corrected chi connectivity index (χ0v) is 13.1. The van der Waals surface area contributed by atoms with Crippen molar-refractivity contribution < 1.29 is 26.3 Å². The van der Waals surface area contributed by atoms with E-state index < -0.39 is 41.3 Å². The first-order valence-corrected chi connectivity index (χ1v) is 7.19. The standard InChI is InChI=1S/C14H6BrF6N3/c15-11-5-24-12(18)4-22-13(24)10(23-11)2-6-1-7(14(19,20)21)9(17)3-8(6)16/h1,3-5H,2H2. The van der Waals surface area contributed by atoms with Crippen molar-refractivity contribution in [2.24, 2.45) is 0 Å². The van der Waals surface area contributed by atoms with Crippen molar-refractivity contribution in [3.63, 3.8) is 0 Å². The molecule has 0 bridgehead atoms. The third-order valence-corrected chi connectivity index (χ3v) is 3.67. The predicted octanol–water partition coefficient (Wildman–Crippen LogP) is 4.52. The average molecular weight is 410 g/mol. The highest BCUT2D eigenvalue weighted by atomic mass is 79.9. The van der Waals surface area contributed by atoms with Gasteiger partial charge in [0.25, 0.3) is 0 Å². The Morgan fingerprint density at radius 3 is 2.46 bits per heavy atom. The van der Waals surface area contributed by atoms with E-state index in [1.165, 1.54) is 6.20 Å². The molecule has 0 fully saturated rings. The summed E-state index contributed by atoms with van der Waals surface area (Å²) in [4.78, 5) is 7.75. The van der Waals surface area contributed by atoms with Gasteiger partial charge in [-0.25, -0.2) is 18.7 Å². The molecule has 0 unspecified atom stereocenters. The quantitative estimate of drug-likeness (QED) is 0.582. The lowest BCUT2D eigenvalue weighted by atomic mass is 10.0. The number of alkyl halides is 3. The van der Waals surface area contributed by atoms with Gasteiger partial charge in [-0.1, -0.05) is 0 Å². The van der Waals surface area contributed by atoms with Crippen molar-refractivity contribution in [1.29, 1.82) is 0 Å². The highest BCUT2D eigenvalue weighted by Crippen LogP contribution is 2.33. The highest BCUT2D eigenvalue weighted by molar-refractivity contribution is 9.10. The van der Waals surface area contributed by atoms with Crippen LogP contribution in [0.4, 0.5) is 26.3 Å². The van der Waals surface area contributed by atoms with Gasteiger partial charge in [0.05, 0.1) is 17.5 Å². The molecule has 0 saturated carbocycles. The van der Waals surface area contributed by atoms with E-state index in [1.807, 2.05) is 0 Å². The first-order valence-electron chi connectivity index (χ1n) is 6.40. The first kappa shape index (κ1) is 16.7. The zero-order valence-electron chi connectivity index (χ0n) is 11.5. The van der Waals surface area contributed by atoms with Gasteiger partial charge in [0.15, 0.2) is 5.65 Å². The molecule has 0 amide bonds. The van der Waals surface area contributed by atoms with Crippen LogP contribution in [0.15, 0.2) is 29.1 Å². The minimum Gasteiger partial charge on any atom is -0.272 e. The van der Waals surface area contributed by atoms with Crippen LogP contribution < -0.4 is 0 Å². The van der Waals surface area contributed by atoms with Crippen LogP contribution in [0.3, 0.4) is 0 Å². The molecule has 0 aliphatic carbocycles. The number of hydrogen-bond acceptors (Lipinski definition) is 2. The molecule has 3 rings (SSSR count). The van der Waals surface area contributed by atoms with E-state index >= 15 is 0 Å². The summed E-state index contributed by atoms with van der Waals surface area (Å²) in [6.45, 7) is 0. The van der Waals surface area contributed by atoms with E-state index in [0.717, 1.165) is 10.6 Å². The van der Waals surface area contributed by atoms with Crippen LogP contribution in [0.25, 0.3) is 5.65 Å². The fourth-order valence-electron chi connectivity index (χ4n) is 2.24. The Bertz CT molecular complexity index is 934. The second-order valence-electron chi connectivity index (χ2n) is 4.88. The molecule has 3 nitrogen and oxygen atoms in total. The van der Waals surface area contributed by atoms with Crippen LogP contribution in [0.2, 0.25) is 0 Å². The molecule has 2 heterocycles. The van der Waals surface area contributed by atoms with Gasteiger partial charge in [0.1, 0.15) is 16.2 Å². The van der Waals surface area contributed by atoms with Crippen molar-refractivity contribution in [2.75, 3.05) is 0 Å². The number of nitrogens with zero attached hydrogens (tertiary/aromatic N) is 3. The maximum atomic E-state index is 13.9. The Morgan fingerprint density at radius 1 is 1.08 bits per heavy atom. The third kappa shape index (κ3) is 2.97. The molecule has 0 N–H and O–H groups in total. The Hall–Kier alpha value is -2.10. The normalized spacial score (nSPS) is 12.1. The highest BCUT2D eigenvalue weighted by Gasteiger charge is 2.35. The topological polar surface area (TPSA) is 30.2 Å². The minimum atomic E-state index is -4.97. The summed E-state index contributed by atoms with van der Waals surface area (Å²) in [5.74, 6) is -3.58. The van der Waals surface area contributed by atoms with Crippen molar-refractivity contribution in [2.45, 2.75) is 12.6 Å². The number of fused-ring (bicyclic) bond motifs is 1. The van der Waals surface area contributed by atoms with E-state index in [2.05, 4.69) is 25.9 Å². The van der Waals surface area contributed by atoms with Crippen LogP contribution in [0.5, 0.6) is 0 Å². The van der Waals surface area contributed by atoms with Gasteiger partial charge in [-0.2, -0.15) is 17.6 Å². The smallest absolute Gasteiger partial charge is 0.272 e. The molecule has 10 heteroatoms. The molecule has 0 spiro atoms. The Balaban J connectivity index is 2.12. The predicted molar refractivity (Wildman–Crippen MR) is 74.8 cm³/mol. The van der Waals surface area contributed by atoms with Crippen LogP contribution in [-0.4, -0.2) is 14.4 Å². The summed E-state index contributed by atoms with van der Waals surface area (Å²) in [5.41, 5.74) is -1.96. The number of aromatic nitrogens is 3. The summed E-state index contributed by atoms with van der Waals surface area (Å²) in [7, 11) is 0. The number of rotatable bonds is 2. The SMILES string of the molecule is Fc1cc(F)c(C(F)(F)F)cc1Cc1nc(Br)cn2c(F)cnc12. The molecular formula is C14H6BrF6N3. The Morgan fingerprint density at radius 2 is 1.79 bits per heavy atom. The number of benzene rings is 1. The number of halogens is 7. The van der Waals surface area contributed by atoms with Crippen molar-refractivity contribution in [3.8, 4) is 0 Å². The van der Waals surface area contributed by atoms with Crippen LogP contribution in [-0.2, 0) is 12.6 Å². The van der Waals surface area contributed by atoms with Crippen molar-refractivity contribution in [3.05, 3.63) is 63.5 Å². The summed E-state index contributed by atoms with van der Waals surface area (Å²) in [5, 5.41) is 0. The summed E-state index contributed by atoms with van der Waals surface area (Å²) in [6.07, 6.45) is -3.22. The fraction of sp³-hybridized carbons (Fsp3) is 0.143. The molecule has 3 aromatic rings. The largest absolute Gasteiger partial charge is 0.419 e. The fourth-order valence-corrected chi connectivity index (χ4v) is 2.65. The lowest BCUT2D eigenvalue weighted by Gasteiger charge is -2.11. The summed E-state index contributed by atoms with van der Waals surface area (Å²) in [6, 6.07) is 0.544. The summed E-state index contributed by atoms with van der Waals surface area (Å²) >= 11 is 3.03. The molecule has 0 atom stereocenters. The number of imidazole rings is 1. The minimum absolute atomic E-state index is 0.0213. The molecule has 0 saturated heterocycles. The molecule has 0 aliphatic rings. The lowest BCUT2D eigenvalue weighted by Crippen LogP contribution is -2.11. The van der Waals surface area contributed by atoms with Crippen LogP contribution in [0, 0.1) is 17.6 Å². The Kier molecular flexibility index (Phi) is 4.02. The molecule has 24 heavy (non-hydrogen) atoms. The van der Waals surface area contributed by atoms with E-state index in [9.17, 15) is 26.3 Å². The van der Waals surface area contributed by atoms with Gasteiger partial charge >= 0.3 is 6.18 Å². The van der Waals surface area contributed by atoms with Gasteiger partial charge in [-0.15, -0.1) is 0 Å². The second kappa shape index (κ2) is 5.76. The Labute approximate surface area is 139 Å². The van der Waals surface area contributed by atoms with Crippen LogP contribution in [0.1, 0.15) is 16.8 Å². The second-order valence-corrected chi connectivity index (χ2v) is 5.70.